The molecular weight excluding hydrogens is 458 g/mol. The Hall–Kier alpha value is -2.09. The number of imidazole rings is 1. The summed E-state index contributed by atoms with van der Waals surface area (Å²) in [6, 6.07) is 13.2. The number of rotatable bonds is 3. The molecule has 2 aromatic heterocycles. The fourth-order valence-corrected chi connectivity index (χ4v) is 5.30. The zero-order chi connectivity index (χ0) is 20.0. The van der Waals surface area contributed by atoms with Crippen molar-refractivity contribution in [3.05, 3.63) is 69.7 Å². The van der Waals surface area contributed by atoms with Gasteiger partial charge < -0.3 is 9.47 Å². The summed E-state index contributed by atoms with van der Waals surface area (Å²) in [4.78, 5) is 19.7. The minimum absolute atomic E-state index is 0.00594. The molecule has 0 radical (unpaired) electrons. The summed E-state index contributed by atoms with van der Waals surface area (Å²) in [5.74, 6) is 1.05. The van der Waals surface area contributed by atoms with Crippen molar-refractivity contribution in [1.82, 2.24) is 14.3 Å². The van der Waals surface area contributed by atoms with Crippen molar-refractivity contribution >= 4 is 39.1 Å². The van der Waals surface area contributed by atoms with Gasteiger partial charge in [-0.1, -0.05) is 41.9 Å². The molecule has 2 aliphatic rings. The number of carbonyl (C=O) groups excluding carboxylic acids is 1. The van der Waals surface area contributed by atoms with Crippen LogP contribution in [0.25, 0.3) is 5.52 Å². The number of fused-ring (bicyclic) bond motifs is 2. The van der Waals surface area contributed by atoms with Gasteiger partial charge in [-0.05, 0) is 40.0 Å². The number of ether oxygens (including phenoxy) is 2. The molecule has 29 heavy (non-hydrogen) atoms. The van der Waals surface area contributed by atoms with E-state index >= 15 is 0 Å². The zero-order valence-electron chi connectivity index (χ0n) is 15.5. The first-order valence-corrected chi connectivity index (χ1v) is 10.7. The van der Waals surface area contributed by atoms with E-state index in [4.69, 9.17) is 26.1 Å². The summed E-state index contributed by atoms with van der Waals surface area (Å²) in [5, 5.41) is 0.609. The summed E-state index contributed by atoms with van der Waals surface area (Å²) < 4.78 is 13.9. The molecule has 0 aliphatic carbocycles. The van der Waals surface area contributed by atoms with Crippen molar-refractivity contribution in [2.24, 2.45) is 5.92 Å². The number of benzene rings is 1. The Labute approximate surface area is 181 Å². The van der Waals surface area contributed by atoms with Crippen LogP contribution in [0.5, 0.6) is 0 Å². The van der Waals surface area contributed by atoms with Crippen LogP contribution in [0, 0.1) is 5.92 Å². The highest BCUT2D eigenvalue weighted by molar-refractivity contribution is 9.10. The van der Waals surface area contributed by atoms with Crippen LogP contribution in [0.15, 0.2) is 53.3 Å². The Balaban J connectivity index is 1.47. The molecule has 8 heteroatoms. The molecule has 0 spiro atoms. The monoisotopic (exact) mass is 475 g/mol. The number of hydrogen-bond acceptors (Lipinski definition) is 4. The molecule has 1 amide bonds. The van der Waals surface area contributed by atoms with Gasteiger partial charge in [0.2, 0.25) is 0 Å². The average molecular weight is 477 g/mol. The average Bonchev–Trinajstić information content (AvgIpc) is 3.40. The molecule has 0 N–H and O–H groups in total. The summed E-state index contributed by atoms with van der Waals surface area (Å²) in [7, 11) is 0. The number of halogens is 2. The normalized spacial score (nSPS) is 23.5. The van der Waals surface area contributed by atoms with Gasteiger partial charge in [-0.3, -0.25) is 9.30 Å². The second kappa shape index (κ2) is 7.63. The van der Waals surface area contributed by atoms with Crippen LogP contribution in [-0.4, -0.2) is 39.6 Å². The molecule has 3 aromatic rings. The van der Waals surface area contributed by atoms with Gasteiger partial charge in [0, 0.05) is 12.1 Å². The minimum atomic E-state index is -0.341. The molecule has 5 rings (SSSR count). The predicted molar refractivity (Wildman–Crippen MR) is 112 cm³/mol. The fraction of sp³-hybridized carbons (Fsp3) is 0.333. The van der Waals surface area contributed by atoms with Gasteiger partial charge in [0.1, 0.15) is 17.0 Å². The van der Waals surface area contributed by atoms with Gasteiger partial charge in [-0.2, -0.15) is 0 Å². The third kappa shape index (κ3) is 3.31. The maximum atomic E-state index is 13.1. The largest absolute Gasteiger partial charge is 0.445 e. The number of hydrogen-bond donors (Lipinski definition) is 0. The van der Waals surface area contributed by atoms with Crippen LogP contribution in [-0.2, 0) is 16.1 Å². The maximum Gasteiger partial charge on any atom is 0.411 e. The Morgan fingerprint density at radius 3 is 2.90 bits per heavy atom. The highest BCUT2D eigenvalue weighted by Gasteiger charge is 2.49. The molecule has 0 bridgehead atoms. The molecule has 3 atom stereocenters. The number of carbonyl (C=O) groups is 1. The predicted octanol–water partition coefficient (Wildman–Crippen LogP) is 4.85. The Morgan fingerprint density at radius 2 is 2.07 bits per heavy atom. The van der Waals surface area contributed by atoms with Gasteiger partial charge in [0.05, 0.1) is 35.8 Å². The van der Waals surface area contributed by atoms with Gasteiger partial charge >= 0.3 is 6.09 Å². The summed E-state index contributed by atoms with van der Waals surface area (Å²) in [5.41, 5.74) is 1.76. The topological polar surface area (TPSA) is 56.1 Å². The standard InChI is InChI=1S/C21H19BrClN3O3/c22-19-18-15(23)7-4-8-25(18)20(24-19)16-9-14-11-28-12-17(14)26(16)21(27)29-10-13-5-2-1-3-6-13/h1-8,14,16-17H,9-12H2/t14-,16-,17+/m0/s1. The second-order valence-corrected chi connectivity index (χ2v) is 8.56. The number of pyridine rings is 1. The van der Waals surface area contributed by atoms with Crippen molar-refractivity contribution in [3.63, 3.8) is 0 Å². The third-order valence-electron chi connectivity index (χ3n) is 5.70. The van der Waals surface area contributed by atoms with Gasteiger partial charge in [0.15, 0.2) is 0 Å². The van der Waals surface area contributed by atoms with E-state index in [2.05, 4.69) is 15.9 Å². The summed E-state index contributed by atoms with van der Waals surface area (Å²) >= 11 is 9.90. The summed E-state index contributed by atoms with van der Waals surface area (Å²) in [6.45, 7) is 1.40. The van der Waals surface area contributed by atoms with Crippen LogP contribution in [0.2, 0.25) is 5.02 Å². The quantitative estimate of drug-likeness (QED) is 0.542. The lowest BCUT2D eigenvalue weighted by Gasteiger charge is -2.28. The van der Waals surface area contributed by atoms with Crippen LogP contribution in [0.1, 0.15) is 23.9 Å². The molecule has 0 unspecified atom stereocenters. The minimum Gasteiger partial charge on any atom is -0.445 e. The van der Waals surface area contributed by atoms with E-state index in [1.807, 2.05) is 58.0 Å². The van der Waals surface area contributed by atoms with E-state index in [0.717, 1.165) is 23.3 Å². The molecule has 6 nitrogen and oxygen atoms in total. The van der Waals surface area contributed by atoms with E-state index in [1.54, 1.807) is 0 Å². The lowest BCUT2D eigenvalue weighted by molar-refractivity contribution is 0.0653. The maximum absolute atomic E-state index is 13.1. The number of amides is 1. The van der Waals surface area contributed by atoms with Gasteiger partial charge in [-0.25, -0.2) is 9.78 Å². The smallest absolute Gasteiger partial charge is 0.411 e. The van der Waals surface area contributed by atoms with Crippen molar-refractivity contribution in [3.8, 4) is 0 Å². The van der Waals surface area contributed by atoms with Crippen LogP contribution in [0.3, 0.4) is 0 Å². The van der Waals surface area contributed by atoms with Crippen LogP contribution in [0.4, 0.5) is 4.79 Å². The second-order valence-electron chi connectivity index (χ2n) is 7.40. The molecule has 150 valence electrons. The van der Waals surface area contributed by atoms with Gasteiger partial charge in [-0.15, -0.1) is 0 Å². The Kier molecular flexibility index (Phi) is 4.97. The SMILES string of the molecule is O=C(OCc1ccccc1)N1[C@@H]2COC[C@@H]2C[C@H]1c1nc(Br)c2c(Cl)cccn12. The molecule has 2 fully saturated rings. The van der Waals surface area contributed by atoms with E-state index in [0.29, 0.717) is 22.8 Å². The van der Waals surface area contributed by atoms with E-state index in [9.17, 15) is 4.79 Å². The first-order valence-electron chi connectivity index (χ1n) is 9.52. The van der Waals surface area contributed by atoms with Gasteiger partial charge in [0.25, 0.3) is 0 Å². The molecule has 4 heterocycles. The lowest BCUT2D eigenvalue weighted by atomic mass is 10.0. The summed E-state index contributed by atoms with van der Waals surface area (Å²) in [6.07, 6.45) is 2.36. The van der Waals surface area contributed by atoms with Crippen LogP contribution < -0.4 is 0 Å². The van der Waals surface area contributed by atoms with E-state index < -0.39 is 0 Å². The Bertz CT molecular complexity index is 1060. The molecule has 2 saturated heterocycles. The highest BCUT2D eigenvalue weighted by atomic mass is 79.9. The first-order chi connectivity index (χ1) is 14.1. The van der Waals surface area contributed by atoms with Crippen molar-refractivity contribution in [1.29, 1.82) is 0 Å². The Morgan fingerprint density at radius 1 is 1.24 bits per heavy atom. The lowest BCUT2D eigenvalue weighted by Crippen LogP contribution is -2.40. The fourth-order valence-electron chi connectivity index (χ4n) is 4.35. The molecule has 0 saturated carbocycles. The molecule has 1 aromatic carbocycles. The van der Waals surface area contributed by atoms with Crippen LogP contribution >= 0.6 is 27.5 Å². The molecule has 2 aliphatic heterocycles. The number of aromatic nitrogens is 2. The van der Waals surface area contributed by atoms with Crippen molar-refractivity contribution < 1.29 is 14.3 Å². The van der Waals surface area contributed by atoms with E-state index in [1.165, 1.54) is 0 Å². The number of nitrogens with zero attached hydrogens (tertiary/aromatic N) is 3. The number of likely N-dealkylation sites (tertiary alicyclic amines) is 1. The molecular formula is C21H19BrClN3O3. The third-order valence-corrected chi connectivity index (χ3v) is 6.56. The van der Waals surface area contributed by atoms with Crippen molar-refractivity contribution in [2.75, 3.05) is 13.2 Å². The van der Waals surface area contributed by atoms with Crippen molar-refractivity contribution in [2.45, 2.75) is 25.1 Å². The highest BCUT2D eigenvalue weighted by Crippen LogP contribution is 2.44. The zero-order valence-corrected chi connectivity index (χ0v) is 17.8. The van der Waals surface area contributed by atoms with E-state index in [-0.39, 0.29) is 30.7 Å². The first kappa shape index (κ1) is 18.9.